The van der Waals surface area contributed by atoms with Crippen LogP contribution < -0.4 is 5.32 Å². The highest BCUT2D eigenvalue weighted by atomic mass is 19.4. The summed E-state index contributed by atoms with van der Waals surface area (Å²) in [4.78, 5) is 4.21. The zero-order chi connectivity index (χ0) is 13.2. The second-order valence-electron chi connectivity index (χ2n) is 4.72. The largest absolute Gasteiger partial charge is 0.403 e. The lowest BCUT2D eigenvalue weighted by Crippen LogP contribution is -2.51. The molecular formula is C12H18F3N3. The van der Waals surface area contributed by atoms with Gasteiger partial charge < -0.3 is 9.88 Å². The van der Waals surface area contributed by atoms with Gasteiger partial charge in [-0.05, 0) is 26.2 Å². The smallest absolute Gasteiger partial charge is 0.335 e. The summed E-state index contributed by atoms with van der Waals surface area (Å²) in [7, 11) is 0. The summed E-state index contributed by atoms with van der Waals surface area (Å²) in [6.45, 7) is 2.79. The van der Waals surface area contributed by atoms with Crippen molar-refractivity contribution in [2.24, 2.45) is 0 Å². The van der Waals surface area contributed by atoms with Gasteiger partial charge >= 0.3 is 6.18 Å². The van der Waals surface area contributed by atoms with Gasteiger partial charge in [0.2, 0.25) is 0 Å². The van der Waals surface area contributed by atoms with Crippen LogP contribution in [-0.4, -0.2) is 27.8 Å². The average molecular weight is 261 g/mol. The van der Waals surface area contributed by atoms with E-state index >= 15 is 0 Å². The van der Waals surface area contributed by atoms with Crippen LogP contribution in [0.4, 0.5) is 13.2 Å². The fraction of sp³-hybridized carbons (Fsp3) is 0.750. The van der Waals surface area contributed by atoms with Gasteiger partial charge in [0.1, 0.15) is 11.9 Å². The van der Waals surface area contributed by atoms with Crippen molar-refractivity contribution in [3.63, 3.8) is 0 Å². The van der Waals surface area contributed by atoms with Gasteiger partial charge in [0.15, 0.2) is 0 Å². The molecule has 3 nitrogen and oxygen atoms in total. The SMILES string of the molecule is CCn1ccnc1CC1CCCC(C(F)(F)F)N1. The minimum atomic E-state index is -4.14. The first kappa shape index (κ1) is 13.4. The number of nitrogens with one attached hydrogen (secondary N) is 1. The second kappa shape index (κ2) is 5.30. The van der Waals surface area contributed by atoms with Crippen LogP contribution in [0.3, 0.4) is 0 Å². The van der Waals surface area contributed by atoms with Crippen LogP contribution in [0.25, 0.3) is 0 Å². The summed E-state index contributed by atoms with van der Waals surface area (Å²) in [6.07, 6.45) is 1.56. The molecular weight excluding hydrogens is 243 g/mol. The van der Waals surface area contributed by atoms with Crippen LogP contribution in [0, 0.1) is 0 Å². The summed E-state index contributed by atoms with van der Waals surface area (Å²) >= 11 is 0. The standard InChI is InChI=1S/C12H18F3N3/c1-2-18-7-6-16-11(18)8-9-4-3-5-10(17-9)12(13,14)15/h6-7,9-10,17H,2-5,8H2,1H3. The zero-order valence-electron chi connectivity index (χ0n) is 10.4. The Labute approximate surface area is 104 Å². The highest BCUT2D eigenvalue weighted by Gasteiger charge is 2.42. The Hall–Kier alpha value is -1.04. The van der Waals surface area contributed by atoms with E-state index in [1.807, 2.05) is 17.7 Å². The molecule has 1 N–H and O–H groups in total. The topological polar surface area (TPSA) is 29.9 Å². The van der Waals surface area contributed by atoms with Gasteiger partial charge in [-0.25, -0.2) is 4.98 Å². The van der Waals surface area contributed by atoms with E-state index in [9.17, 15) is 13.2 Å². The maximum Gasteiger partial charge on any atom is 0.403 e. The van der Waals surface area contributed by atoms with E-state index in [1.54, 1.807) is 6.20 Å². The average Bonchev–Trinajstić information content (AvgIpc) is 2.75. The van der Waals surface area contributed by atoms with E-state index in [2.05, 4.69) is 10.3 Å². The van der Waals surface area contributed by atoms with Gasteiger partial charge in [-0.1, -0.05) is 0 Å². The molecule has 1 aromatic rings. The Morgan fingerprint density at radius 1 is 1.44 bits per heavy atom. The Balaban J connectivity index is 1.98. The molecule has 0 spiro atoms. The monoisotopic (exact) mass is 261 g/mol. The lowest BCUT2D eigenvalue weighted by molar-refractivity contribution is -0.163. The number of hydrogen-bond donors (Lipinski definition) is 1. The Morgan fingerprint density at radius 2 is 2.22 bits per heavy atom. The molecule has 0 radical (unpaired) electrons. The van der Waals surface area contributed by atoms with Crippen molar-refractivity contribution in [1.82, 2.24) is 14.9 Å². The van der Waals surface area contributed by atoms with Gasteiger partial charge in [-0.2, -0.15) is 13.2 Å². The van der Waals surface area contributed by atoms with Gasteiger partial charge in [-0.15, -0.1) is 0 Å². The number of aryl methyl sites for hydroxylation is 1. The summed E-state index contributed by atoms with van der Waals surface area (Å²) in [5.74, 6) is 0.859. The molecule has 2 unspecified atom stereocenters. The molecule has 0 bridgehead atoms. The molecule has 0 amide bonds. The molecule has 1 aromatic heterocycles. The molecule has 1 fully saturated rings. The lowest BCUT2D eigenvalue weighted by atomic mass is 9.96. The van der Waals surface area contributed by atoms with Gasteiger partial charge in [0, 0.05) is 31.4 Å². The van der Waals surface area contributed by atoms with Crippen LogP contribution in [0.2, 0.25) is 0 Å². The number of aromatic nitrogens is 2. The Kier molecular flexibility index (Phi) is 3.94. The van der Waals surface area contributed by atoms with Crippen molar-refractivity contribution < 1.29 is 13.2 Å². The fourth-order valence-electron chi connectivity index (χ4n) is 2.48. The third-order valence-corrected chi connectivity index (χ3v) is 3.45. The maximum atomic E-state index is 12.7. The minimum Gasteiger partial charge on any atom is -0.335 e. The van der Waals surface area contributed by atoms with Crippen molar-refractivity contribution in [3.05, 3.63) is 18.2 Å². The Morgan fingerprint density at radius 3 is 2.89 bits per heavy atom. The number of halogens is 3. The molecule has 1 saturated heterocycles. The molecule has 102 valence electrons. The van der Waals surface area contributed by atoms with Crippen LogP contribution in [-0.2, 0) is 13.0 Å². The molecule has 0 aromatic carbocycles. The normalized spacial score (nSPS) is 25.3. The van der Waals surface area contributed by atoms with E-state index in [0.29, 0.717) is 12.8 Å². The van der Waals surface area contributed by atoms with E-state index in [4.69, 9.17) is 0 Å². The third-order valence-electron chi connectivity index (χ3n) is 3.45. The number of nitrogens with zero attached hydrogens (tertiary/aromatic N) is 2. The molecule has 2 heterocycles. The van der Waals surface area contributed by atoms with Crippen molar-refractivity contribution in [2.75, 3.05) is 0 Å². The van der Waals surface area contributed by atoms with Crippen LogP contribution >= 0.6 is 0 Å². The molecule has 2 rings (SSSR count). The van der Waals surface area contributed by atoms with Gasteiger partial charge in [0.25, 0.3) is 0 Å². The van der Waals surface area contributed by atoms with Crippen molar-refractivity contribution in [1.29, 1.82) is 0 Å². The fourth-order valence-corrected chi connectivity index (χ4v) is 2.48. The highest BCUT2D eigenvalue weighted by molar-refractivity contribution is 4.97. The molecule has 1 aliphatic rings. The molecule has 6 heteroatoms. The van der Waals surface area contributed by atoms with Gasteiger partial charge in [-0.3, -0.25) is 0 Å². The summed E-state index contributed by atoms with van der Waals surface area (Å²) in [5, 5.41) is 2.70. The van der Waals surface area contributed by atoms with Crippen LogP contribution in [0.1, 0.15) is 32.0 Å². The van der Waals surface area contributed by atoms with Crippen LogP contribution in [0.15, 0.2) is 12.4 Å². The summed E-state index contributed by atoms with van der Waals surface area (Å²) in [5.41, 5.74) is 0. The number of hydrogen-bond acceptors (Lipinski definition) is 2. The van der Waals surface area contributed by atoms with Crippen molar-refractivity contribution >= 4 is 0 Å². The first-order valence-electron chi connectivity index (χ1n) is 6.33. The Bertz CT molecular complexity index is 386. The molecule has 0 aliphatic carbocycles. The van der Waals surface area contributed by atoms with E-state index in [0.717, 1.165) is 18.8 Å². The van der Waals surface area contributed by atoms with E-state index < -0.39 is 12.2 Å². The van der Waals surface area contributed by atoms with Gasteiger partial charge in [0.05, 0.1) is 0 Å². The molecule has 0 saturated carbocycles. The predicted molar refractivity (Wildman–Crippen MR) is 62.2 cm³/mol. The van der Waals surface area contributed by atoms with Crippen molar-refractivity contribution in [2.45, 2.75) is 57.4 Å². The summed E-state index contributed by atoms with van der Waals surface area (Å²) < 4.78 is 39.9. The number of imidazole rings is 1. The predicted octanol–water partition coefficient (Wildman–Crippen LogP) is 2.52. The lowest BCUT2D eigenvalue weighted by Gasteiger charge is -2.32. The molecule has 2 atom stereocenters. The van der Waals surface area contributed by atoms with Crippen molar-refractivity contribution in [3.8, 4) is 0 Å². The first-order valence-corrected chi connectivity index (χ1v) is 6.33. The number of alkyl halides is 3. The zero-order valence-corrected chi connectivity index (χ0v) is 10.4. The first-order chi connectivity index (χ1) is 8.50. The van der Waals surface area contributed by atoms with E-state index in [1.165, 1.54) is 0 Å². The quantitative estimate of drug-likeness (QED) is 0.906. The molecule has 1 aliphatic heterocycles. The number of rotatable bonds is 3. The summed E-state index contributed by atoms with van der Waals surface area (Å²) in [6, 6.07) is -1.49. The van der Waals surface area contributed by atoms with E-state index in [-0.39, 0.29) is 12.5 Å². The maximum absolute atomic E-state index is 12.7. The number of piperidine rings is 1. The third kappa shape index (κ3) is 3.04. The second-order valence-corrected chi connectivity index (χ2v) is 4.72. The molecule has 18 heavy (non-hydrogen) atoms. The highest BCUT2D eigenvalue weighted by Crippen LogP contribution is 2.28. The minimum absolute atomic E-state index is 0.127. The van der Waals surface area contributed by atoms with Crippen LogP contribution in [0.5, 0.6) is 0 Å².